The Hall–Kier alpha value is -4.42. The summed E-state index contributed by atoms with van der Waals surface area (Å²) >= 11 is 6.49. The second-order valence-corrected chi connectivity index (χ2v) is 10.3. The molecule has 10 nitrogen and oxygen atoms in total. The van der Waals surface area contributed by atoms with Crippen molar-refractivity contribution >= 4 is 46.0 Å². The molecule has 1 aliphatic heterocycles. The minimum Gasteiger partial charge on any atom is -0.480 e. The Bertz CT molecular complexity index is 1620. The van der Waals surface area contributed by atoms with E-state index in [1.54, 1.807) is 36.7 Å². The van der Waals surface area contributed by atoms with E-state index in [1.165, 1.54) is 18.3 Å². The molecule has 4 aromatic rings. The molecule has 13 heteroatoms. The van der Waals surface area contributed by atoms with Crippen molar-refractivity contribution in [2.45, 2.75) is 13.0 Å². The molecule has 1 fully saturated rings. The lowest BCUT2D eigenvalue weighted by atomic mass is 10.0. The summed E-state index contributed by atoms with van der Waals surface area (Å²) in [4.78, 5) is 39.6. The highest BCUT2D eigenvalue weighted by Gasteiger charge is 2.22. The second kappa shape index (κ2) is 12.6. The van der Waals surface area contributed by atoms with Gasteiger partial charge in [0.2, 0.25) is 11.9 Å². The van der Waals surface area contributed by atoms with Crippen molar-refractivity contribution in [2.24, 2.45) is 0 Å². The number of amides is 1. The summed E-state index contributed by atoms with van der Waals surface area (Å²) in [6.07, 6.45) is 4.52. The lowest BCUT2D eigenvalue weighted by Gasteiger charge is -2.34. The highest BCUT2D eigenvalue weighted by Crippen LogP contribution is 2.36. The fraction of sp³-hybridized carbons (Fsp3) is 0.276. The fourth-order valence-electron chi connectivity index (χ4n) is 4.84. The number of hydrogen-bond donors (Lipinski definition) is 3. The van der Waals surface area contributed by atoms with Gasteiger partial charge in [0.05, 0.1) is 28.8 Å². The number of carbonyl (C=O) groups is 2. The number of benzene rings is 2. The molecule has 0 spiro atoms. The van der Waals surface area contributed by atoms with Crippen LogP contribution in [0.2, 0.25) is 5.02 Å². The maximum absolute atomic E-state index is 15.2. The molecule has 0 aliphatic carbocycles. The molecule has 0 radical (unpaired) electrons. The van der Waals surface area contributed by atoms with Gasteiger partial charge in [-0.15, -0.1) is 0 Å². The van der Waals surface area contributed by atoms with Gasteiger partial charge in [0, 0.05) is 72.9 Å². The number of fused-ring (bicyclic) bond motifs is 1. The Morgan fingerprint density at radius 2 is 1.74 bits per heavy atom. The van der Waals surface area contributed by atoms with Crippen LogP contribution in [0.3, 0.4) is 0 Å². The zero-order valence-electron chi connectivity index (χ0n) is 22.6. The molecule has 3 heterocycles. The minimum atomic E-state index is -1.09. The van der Waals surface area contributed by atoms with Crippen LogP contribution in [0, 0.1) is 11.6 Å². The number of halogens is 3. The average Bonchev–Trinajstić information content (AvgIpc) is 2.98. The number of aliphatic carboxylic acids is 1. The van der Waals surface area contributed by atoms with Crippen LogP contribution in [0.5, 0.6) is 0 Å². The SMILES string of the molecule is C[C@@H](Nc1c(Cl)cnc2cc(F)c(-c3cnc(N4CCN(CC(=O)NCC(=O)O)CC4)nc3)cc12)c1ccccc1F. The third-order valence-electron chi connectivity index (χ3n) is 7.05. The lowest BCUT2D eigenvalue weighted by Crippen LogP contribution is -2.50. The number of nitrogens with one attached hydrogen (secondary N) is 2. The molecule has 1 atom stereocenters. The molecule has 1 saturated heterocycles. The maximum atomic E-state index is 15.2. The van der Waals surface area contributed by atoms with Gasteiger partial charge in [-0.25, -0.2) is 18.7 Å². The van der Waals surface area contributed by atoms with E-state index < -0.39 is 24.4 Å². The number of hydrogen-bond acceptors (Lipinski definition) is 8. The first-order valence-corrected chi connectivity index (χ1v) is 13.6. The molecule has 42 heavy (non-hydrogen) atoms. The van der Waals surface area contributed by atoms with Gasteiger partial charge in [-0.2, -0.15) is 0 Å². The van der Waals surface area contributed by atoms with E-state index in [0.717, 1.165) is 0 Å². The van der Waals surface area contributed by atoms with Crippen LogP contribution in [0.25, 0.3) is 22.0 Å². The van der Waals surface area contributed by atoms with Gasteiger partial charge in [0.15, 0.2) is 0 Å². The Kier molecular flexibility index (Phi) is 8.74. The standard InChI is InChI=1S/C29H28ClF2N7O3/c1-17(19-4-2-3-5-23(19)31)37-28-21-10-20(24(32)11-25(21)33-14-22(28)30)18-12-35-29(36-13-18)39-8-6-38(7-9-39)16-26(40)34-15-27(41)42/h2-5,10-14,17H,6-9,15-16H2,1H3,(H,33,37)(H,34,40)(H,41,42)/t17-/m1/s1. The lowest BCUT2D eigenvalue weighted by molar-refractivity contribution is -0.138. The van der Waals surface area contributed by atoms with Crippen molar-refractivity contribution in [1.29, 1.82) is 0 Å². The summed E-state index contributed by atoms with van der Waals surface area (Å²) in [6.45, 7) is 3.78. The van der Waals surface area contributed by atoms with Crippen LogP contribution in [0.1, 0.15) is 18.5 Å². The van der Waals surface area contributed by atoms with Crippen LogP contribution >= 0.6 is 11.6 Å². The van der Waals surface area contributed by atoms with Gasteiger partial charge < -0.3 is 20.6 Å². The number of rotatable bonds is 9. The Balaban J connectivity index is 1.32. The van der Waals surface area contributed by atoms with E-state index in [4.69, 9.17) is 16.7 Å². The van der Waals surface area contributed by atoms with Gasteiger partial charge in [0.1, 0.15) is 18.2 Å². The van der Waals surface area contributed by atoms with Crippen LogP contribution in [-0.4, -0.2) is 76.1 Å². The third kappa shape index (κ3) is 6.55. The molecule has 3 N–H and O–H groups in total. The van der Waals surface area contributed by atoms with Crippen LogP contribution < -0.4 is 15.5 Å². The average molecular weight is 596 g/mol. The topological polar surface area (TPSA) is 124 Å². The van der Waals surface area contributed by atoms with Gasteiger partial charge in [0.25, 0.3) is 0 Å². The maximum Gasteiger partial charge on any atom is 0.322 e. The van der Waals surface area contributed by atoms with Crippen LogP contribution in [-0.2, 0) is 9.59 Å². The highest BCUT2D eigenvalue weighted by atomic mass is 35.5. The van der Waals surface area contributed by atoms with Crippen molar-refractivity contribution in [1.82, 2.24) is 25.2 Å². The first kappa shape index (κ1) is 29.1. The molecular weight excluding hydrogens is 568 g/mol. The fourth-order valence-corrected chi connectivity index (χ4v) is 5.05. The highest BCUT2D eigenvalue weighted by molar-refractivity contribution is 6.34. The molecule has 218 valence electrons. The predicted octanol–water partition coefficient (Wildman–Crippen LogP) is 4.12. The number of anilines is 2. The molecule has 5 rings (SSSR count). The summed E-state index contributed by atoms with van der Waals surface area (Å²) in [7, 11) is 0. The number of carbonyl (C=O) groups excluding carboxylic acids is 1. The van der Waals surface area contributed by atoms with E-state index in [1.807, 2.05) is 16.7 Å². The largest absolute Gasteiger partial charge is 0.480 e. The van der Waals surface area contributed by atoms with Crippen LogP contribution in [0.15, 0.2) is 55.0 Å². The first-order chi connectivity index (χ1) is 20.2. The van der Waals surface area contributed by atoms with E-state index in [9.17, 15) is 14.0 Å². The predicted molar refractivity (Wildman–Crippen MR) is 155 cm³/mol. The van der Waals surface area contributed by atoms with E-state index in [0.29, 0.717) is 64.9 Å². The number of aromatic nitrogens is 3. The van der Waals surface area contributed by atoms with E-state index in [-0.39, 0.29) is 23.8 Å². The van der Waals surface area contributed by atoms with Crippen LogP contribution in [0.4, 0.5) is 20.4 Å². The monoisotopic (exact) mass is 595 g/mol. The number of pyridine rings is 1. The summed E-state index contributed by atoms with van der Waals surface area (Å²) < 4.78 is 29.6. The van der Waals surface area contributed by atoms with Gasteiger partial charge in [-0.1, -0.05) is 29.8 Å². The molecule has 2 aromatic carbocycles. The molecule has 1 amide bonds. The Labute approximate surface area is 245 Å². The summed E-state index contributed by atoms with van der Waals surface area (Å²) in [5, 5.41) is 15.2. The van der Waals surface area contributed by atoms with Crippen molar-refractivity contribution in [3.63, 3.8) is 0 Å². The first-order valence-electron chi connectivity index (χ1n) is 13.3. The van der Waals surface area contributed by atoms with E-state index in [2.05, 4.69) is 25.6 Å². The smallest absolute Gasteiger partial charge is 0.322 e. The molecular formula is C29H28ClF2N7O3. The number of carboxylic acid groups (broad SMARTS) is 1. The number of nitrogens with zero attached hydrogens (tertiary/aromatic N) is 5. The van der Waals surface area contributed by atoms with Crippen molar-refractivity contribution < 1.29 is 23.5 Å². The van der Waals surface area contributed by atoms with Gasteiger partial charge >= 0.3 is 5.97 Å². The molecule has 0 unspecified atom stereocenters. The normalized spacial score (nSPS) is 14.5. The molecule has 2 aromatic heterocycles. The van der Waals surface area contributed by atoms with Gasteiger partial charge in [-0.05, 0) is 19.1 Å². The zero-order chi connectivity index (χ0) is 29.8. The Morgan fingerprint density at radius 1 is 1.02 bits per heavy atom. The molecule has 0 saturated carbocycles. The van der Waals surface area contributed by atoms with Crippen molar-refractivity contribution in [3.8, 4) is 11.1 Å². The van der Waals surface area contributed by atoms with Crippen molar-refractivity contribution in [3.05, 3.63) is 77.2 Å². The summed E-state index contributed by atoms with van der Waals surface area (Å²) in [5.41, 5.74) is 2.07. The quantitative estimate of drug-likeness (QED) is 0.262. The summed E-state index contributed by atoms with van der Waals surface area (Å²) in [5.74, 6) is -1.82. The Morgan fingerprint density at radius 3 is 2.43 bits per heavy atom. The zero-order valence-corrected chi connectivity index (χ0v) is 23.4. The number of piperazine rings is 1. The second-order valence-electron chi connectivity index (χ2n) is 9.92. The van der Waals surface area contributed by atoms with Gasteiger partial charge in [-0.3, -0.25) is 19.5 Å². The minimum absolute atomic E-state index is 0.108. The van der Waals surface area contributed by atoms with E-state index >= 15 is 4.39 Å². The molecule has 1 aliphatic rings. The third-order valence-corrected chi connectivity index (χ3v) is 7.34. The molecule has 0 bridgehead atoms. The number of carboxylic acids is 1. The summed E-state index contributed by atoms with van der Waals surface area (Å²) in [6, 6.07) is 8.98. The van der Waals surface area contributed by atoms with Crippen molar-refractivity contribution in [2.75, 3.05) is 49.5 Å².